The topological polar surface area (TPSA) is 89.2 Å². The van der Waals surface area contributed by atoms with E-state index >= 15 is 0 Å². The molecular formula is C23H22F5N5O3. The molecule has 0 aliphatic carbocycles. The molecule has 8 nitrogen and oxygen atoms in total. The number of aromatic nitrogens is 3. The van der Waals surface area contributed by atoms with Gasteiger partial charge in [0.25, 0.3) is 24.0 Å². The van der Waals surface area contributed by atoms with Gasteiger partial charge < -0.3 is 10.2 Å². The van der Waals surface area contributed by atoms with Crippen LogP contribution in [-0.2, 0) is 17.4 Å². The second kappa shape index (κ2) is 9.03. The highest BCUT2D eigenvalue weighted by atomic mass is 19.3. The van der Waals surface area contributed by atoms with Crippen molar-refractivity contribution in [2.75, 3.05) is 18.4 Å². The van der Waals surface area contributed by atoms with E-state index in [0.717, 1.165) is 32.5 Å². The standard InChI is InChI=1S/C23H22F5N5O3/c1-11(13-5-4-6-14(18(13)24)19(25)26)29-20-16-8-33(17(35)7-15(16)21(36)31(3)30-20)23(22(27)28)9-32(10-23)12(2)34/h4-8,11,19,22H,9-10H2,1-3H3,(H,29,30)/t11-/m1/s1. The number of anilines is 1. The van der Waals surface area contributed by atoms with Gasteiger partial charge in [-0.15, -0.1) is 0 Å². The van der Waals surface area contributed by atoms with Crippen molar-refractivity contribution < 1.29 is 26.7 Å². The van der Waals surface area contributed by atoms with Crippen LogP contribution in [0, 0.1) is 5.82 Å². The molecule has 3 aromatic rings. The molecule has 1 aliphatic rings. The second-order valence-corrected chi connectivity index (χ2v) is 8.78. The fourth-order valence-corrected chi connectivity index (χ4v) is 4.36. The minimum Gasteiger partial charge on any atom is -0.361 e. The molecular weight excluding hydrogens is 489 g/mol. The van der Waals surface area contributed by atoms with Crippen molar-refractivity contribution in [3.8, 4) is 0 Å². The predicted octanol–water partition coefficient (Wildman–Crippen LogP) is 3.17. The molecule has 0 saturated carbocycles. The molecule has 1 aliphatic heterocycles. The number of hydrogen-bond acceptors (Lipinski definition) is 5. The van der Waals surface area contributed by atoms with E-state index in [1.54, 1.807) is 0 Å². The summed E-state index contributed by atoms with van der Waals surface area (Å²) in [6.45, 7) is 1.88. The molecule has 1 N–H and O–H groups in total. The predicted molar refractivity (Wildman–Crippen MR) is 121 cm³/mol. The lowest BCUT2D eigenvalue weighted by molar-refractivity contribution is -0.151. The number of halogens is 5. The lowest BCUT2D eigenvalue weighted by Crippen LogP contribution is -2.69. The van der Waals surface area contributed by atoms with Gasteiger partial charge in [0.05, 0.1) is 30.1 Å². The van der Waals surface area contributed by atoms with Crippen molar-refractivity contribution in [1.29, 1.82) is 0 Å². The normalized spacial score (nSPS) is 15.9. The van der Waals surface area contributed by atoms with Crippen LogP contribution in [0.4, 0.5) is 27.8 Å². The Hall–Kier alpha value is -3.77. The fourth-order valence-electron chi connectivity index (χ4n) is 4.36. The third-order valence-corrected chi connectivity index (χ3v) is 6.46. The Morgan fingerprint density at radius 3 is 2.33 bits per heavy atom. The van der Waals surface area contributed by atoms with Crippen LogP contribution in [-0.4, -0.2) is 44.7 Å². The van der Waals surface area contributed by atoms with E-state index in [1.807, 2.05) is 0 Å². The molecule has 0 unspecified atom stereocenters. The van der Waals surface area contributed by atoms with Gasteiger partial charge in [-0.25, -0.2) is 26.6 Å². The van der Waals surface area contributed by atoms with E-state index in [1.165, 1.54) is 33.0 Å². The Bertz CT molecular complexity index is 1460. The lowest BCUT2D eigenvalue weighted by atomic mass is 9.89. The molecule has 4 rings (SSSR count). The smallest absolute Gasteiger partial charge is 0.274 e. The molecule has 192 valence electrons. The van der Waals surface area contributed by atoms with Crippen LogP contribution in [0.3, 0.4) is 0 Å². The summed E-state index contributed by atoms with van der Waals surface area (Å²) in [6.07, 6.45) is -4.98. The van der Waals surface area contributed by atoms with Gasteiger partial charge in [0.15, 0.2) is 5.82 Å². The van der Waals surface area contributed by atoms with Crippen molar-refractivity contribution in [3.05, 3.63) is 68.1 Å². The number of nitrogens with one attached hydrogen (secondary N) is 1. The molecule has 1 aromatic carbocycles. The monoisotopic (exact) mass is 511 g/mol. The molecule has 0 spiro atoms. The number of carbonyl (C=O) groups excluding carboxylic acids is 1. The fraction of sp³-hybridized carbons (Fsp3) is 0.391. The van der Waals surface area contributed by atoms with Crippen molar-refractivity contribution in [2.45, 2.75) is 38.3 Å². The van der Waals surface area contributed by atoms with E-state index in [-0.39, 0.29) is 22.2 Å². The van der Waals surface area contributed by atoms with Gasteiger partial charge in [-0.05, 0) is 6.92 Å². The van der Waals surface area contributed by atoms with Crippen LogP contribution < -0.4 is 16.4 Å². The van der Waals surface area contributed by atoms with Crippen LogP contribution in [0.25, 0.3) is 10.8 Å². The van der Waals surface area contributed by atoms with Crippen LogP contribution in [0.2, 0.25) is 0 Å². The third-order valence-electron chi connectivity index (χ3n) is 6.46. The number of amides is 1. The van der Waals surface area contributed by atoms with Gasteiger partial charge >= 0.3 is 0 Å². The summed E-state index contributed by atoms with van der Waals surface area (Å²) in [5, 5.41) is 6.81. The highest BCUT2D eigenvalue weighted by molar-refractivity contribution is 5.90. The third kappa shape index (κ3) is 4.01. The summed E-state index contributed by atoms with van der Waals surface area (Å²) in [6, 6.07) is 3.51. The SMILES string of the molecule is CC(=O)N1CC(C(F)F)(n2cc3c(N[C@H](C)c4cccc(C(F)F)c4F)nn(C)c(=O)c3cc2=O)C1. The van der Waals surface area contributed by atoms with Gasteiger partial charge in [-0.3, -0.25) is 19.0 Å². The maximum Gasteiger partial charge on any atom is 0.274 e. The summed E-state index contributed by atoms with van der Waals surface area (Å²) < 4.78 is 71.0. The van der Waals surface area contributed by atoms with Crippen LogP contribution in [0.5, 0.6) is 0 Å². The summed E-state index contributed by atoms with van der Waals surface area (Å²) in [5.41, 5.74) is -4.44. The van der Waals surface area contributed by atoms with Crippen molar-refractivity contribution in [3.63, 3.8) is 0 Å². The van der Waals surface area contributed by atoms with Gasteiger partial charge in [-0.1, -0.05) is 18.2 Å². The first-order chi connectivity index (χ1) is 16.9. The van der Waals surface area contributed by atoms with Crippen LogP contribution >= 0.6 is 0 Å². The largest absolute Gasteiger partial charge is 0.361 e. The number of hydrogen-bond donors (Lipinski definition) is 1. The Morgan fingerprint density at radius 1 is 1.11 bits per heavy atom. The minimum absolute atomic E-state index is 0.00345. The number of carbonyl (C=O) groups is 1. The minimum atomic E-state index is -3.04. The van der Waals surface area contributed by atoms with Crippen molar-refractivity contribution >= 4 is 22.5 Å². The molecule has 1 amide bonds. The molecule has 2 aromatic heterocycles. The van der Waals surface area contributed by atoms with E-state index < -0.39 is 65.9 Å². The number of aryl methyl sites for hydroxylation is 1. The Kier molecular flexibility index (Phi) is 6.35. The lowest BCUT2D eigenvalue weighted by Gasteiger charge is -2.49. The highest BCUT2D eigenvalue weighted by Gasteiger charge is 2.53. The zero-order valence-electron chi connectivity index (χ0n) is 19.4. The van der Waals surface area contributed by atoms with Crippen LogP contribution in [0.15, 0.2) is 40.1 Å². The Labute approximate surface area is 200 Å². The molecule has 0 bridgehead atoms. The number of likely N-dealkylation sites (tertiary alicyclic amines) is 1. The Morgan fingerprint density at radius 2 is 1.75 bits per heavy atom. The first-order valence-electron chi connectivity index (χ1n) is 10.9. The molecule has 1 saturated heterocycles. The second-order valence-electron chi connectivity index (χ2n) is 8.78. The highest BCUT2D eigenvalue weighted by Crippen LogP contribution is 2.36. The maximum atomic E-state index is 14.7. The summed E-state index contributed by atoms with van der Waals surface area (Å²) in [5.74, 6) is -1.60. The number of pyridine rings is 1. The van der Waals surface area contributed by atoms with E-state index in [4.69, 9.17) is 0 Å². The molecule has 0 radical (unpaired) electrons. The first kappa shape index (κ1) is 25.3. The molecule has 3 heterocycles. The van der Waals surface area contributed by atoms with E-state index in [9.17, 15) is 36.3 Å². The zero-order valence-corrected chi connectivity index (χ0v) is 19.4. The quantitative estimate of drug-likeness (QED) is 0.514. The number of benzene rings is 1. The Balaban J connectivity index is 1.84. The number of nitrogens with zero attached hydrogens (tertiary/aromatic N) is 4. The summed E-state index contributed by atoms with van der Waals surface area (Å²) >= 11 is 0. The number of alkyl halides is 4. The van der Waals surface area contributed by atoms with Gasteiger partial charge in [0.2, 0.25) is 5.91 Å². The van der Waals surface area contributed by atoms with Gasteiger partial charge in [0, 0.05) is 37.2 Å². The average Bonchev–Trinajstić information content (AvgIpc) is 2.76. The number of fused-ring (bicyclic) bond motifs is 1. The zero-order chi connectivity index (χ0) is 26.5. The molecule has 1 fully saturated rings. The molecule has 36 heavy (non-hydrogen) atoms. The summed E-state index contributed by atoms with van der Waals surface area (Å²) in [7, 11) is 1.30. The van der Waals surface area contributed by atoms with Crippen LogP contribution in [0.1, 0.15) is 37.4 Å². The van der Waals surface area contributed by atoms with E-state index in [0.29, 0.717) is 0 Å². The molecule has 1 atom stereocenters. The summed E-state index contributed by atoms with van der Waals surface area (Å²) in [4.78, 5) is 38.3. The number of rotatable bonds is 6. The van der Waals surface area contributed by atoms with Gasteiger partial charge in [-0.2, -0.15) is 5.10 Å². The average molecular weight is 511 g/mol. The van der Waals surface area contributed by atoms with E-state index in [2.05, 4.69) is 10.4 Å². The van der Waals surface area contributed by atoms with Crippen molar-refractivity contribution in [2.24, 2.45) is 7.05 Å². The first-order valence-corrected chi connectivity index (χ1v) is 10.9. The van der Waals surface area contributed by atoms with Gasteiger partial charge in [0.1, 0.15) is 11.4 Å². The maximum absolute atomic E-state index is 14.7. The molecule has 13 heteroatoms. The van der Waals surface area contributed by atoms with Crippen molar-refractivity contribution in [1.82, 2.24) is 19.2 Å².